The summed E-state index contributed by atoms with van der Waals surface area (Å²) >= 11 is 1.32. The molecule has 3 rings (SSSR count). The largest absolute Gasteiger partial charge is 0.325 e. The molecule has 130 valence electrons. The van der Waals surface area contributed by atoms with Crippen molar-refractivity contribution in [3.63, 3.8) is 0 Å². The van der Waals surface area contributed by atoms with Crippen molar-refractivity contribution in [3.8, 4) is 0 Å². The number of carbonyl (C=O) groups is 3. The van der Waals surface area contributed by atoms with Crippen molar-refractivity contribution < 1.29 is 14.4 Å². The predicted octanol–water partition coefficient (Wildman–Crippen LogP) is 1.94. The van der Waals surface area contributed by atoms with Crippen LogP contribution >= 0.6 is 11.3 Å². The number of imide groups is 1. The Labute approximate surface area is 149 Å². The quantitative estimate of drug-likeness (QED) is 0.772. The molecule has 0 saturated carbocycles. The molecule has 1 aliphatic heterocycles. The predicted molar refractivity (Wildman–Crippen MR) is 94.3 cm³/mol. The summed E-state index contributed by atoms with van der Waals surface area (Å²) < 4.78 is 0. The highest BCUT2D eigenvalue weighted by Crippen LogP contribution is 2.16. The van der Waals surface area contributed by atoms with Crippen LogP contribution in [0.2, 0.25) is 0 Å². The fourth-order valence-corrected chi connectivity index (χ4v) is 3.28. The first kappa shape index (κ1) is 17.1. The first-order valence-corrected chi connectivity index (χ1v) is 8.78. The normalized spacial score (nSPS) is 16.8. The molecule has 2 N–H and O–H groups in total. The van der Waals surface area contributed by atoms with Gasteiger partial charge in [0.15, 0.2) is 5.13 Å². The van der Waals surface area contributed by atoms with Crippen molar-refractivity contribution >= 4 is 34.3 Å². The third kappa shape index (κ3) is 4.21. The first-order chi connectivity index (χ1) is 12.0. The van der Waals surface area contributed by atoms with Gasteiger partial charge >= 0.3 is 6.03 Å². The number of carbonyl (C=O) groups excluding carboxylic acids is 3. The standard InChI is InChI=1S/C17H18N4O3S/c1-11-10-25-16(18-11)20-14(22)9-13-15(23)21(17(24)19-13)8-7-12-5-3-2-4-6-12/h2-6,10,13H,7-9H2,1H3,(H,19,24)(H,18,20,22). The van der Waals surface area contributed by atoms with E-state index < -0.39 is 12.1 Å². The zero-order chi connectivity index (χ0) is 17.8. The van der Waals surface area contributed by atoms with Crippen molar-refractivity contribution in [2.24, 2.45) is 0 Å². The van der Waals surface area contributed by atoms with E-state index in [0.717, 1.165) is 11.3 Å². The number of thiazole rings is 1. The Hall–Kier alpha value is -2.74. The van der Waals surface area contributed by atoms with E-state index in [-0.39, 0.29) is 18.2 Å². The van der Waals surface area contributed by atoms with Gasteiger partial charge in [0.25, 0.3) is 5.91 Å². The Balaban J connectivity index is 1.54. The highest BCUT2D eigenvalue weighted by molar-refractivity contribution is 7.13. The van der Waals surface area contributed by atoms with E-state index >= 15 is 0 Å². The molecule has 4 amide bonds. The summed E-state index contributed by atoms with van der Waals surface area (Å²) in [5.74, 6) is -0.718. The van der Waals surface area contributed by atoms with Gasteiger partial charge in [0.1, 0.15) is 6.04 Å². The molecule has 1 unspecified atom stereocenters. The number of hydrogen-bond acceptors (Lipinski definition) is 5. The number of benzene rings is 1. The highest BCUT2D eigenvalue weighted by atomic mass is 32.1. The molecule has 1 fully saturated rings. The number of anilines is 1. The molecule has 0 aliphatic carbocycles. The summed E-state index contributed by atoms with van der Waals surface area (Å²) in [5, 5.41) is 7.52. The van der Waals surface area contributed by atoms with Gasteiger partial charge in [0.05, 0.1) is 12.1 Å². The number of rotatable bonds is 6. The molecule has 1 aliphatic rings. The molecule has 1 aromatic heterocycles. The number of aryl methyl sites for hydroxylation is 1. The maximum Gasteiger partial charge on any atom is 0.324 e. The lowest BCUT2D eigenvalue weighted by atomic mass is 10.1. The molecule has 8 heteroatoms. The molecule has 1 saturated heterocycles. The fourth-order valence-electron chi connectivity index (χ4n) is 2.58. The summed E-state index contributed by atoms with van der Waals surface area (Å²) in [7, 11) is 0. The van der Waals surface area contributed by atoms with Crippen LogP contribution < -0.4 is 10.6 Å². The molecule has 0 bridgehead atoms. The van der Waals surface area contributed by atoms with Gasteiger partial charge in [-0.05, 0) is 18.9 Å². The second-order valence-electron chi connectivity index (χ2n) is 5.77. The van der Waals surface area contributed by atoms with Crippen LogP contribution in [0.1, 0.15) is 17.7 Å². The van der Waals surface area contributed by atoms with Gasteiger partial charge in [-0.1, -0.05) is 30.3 Å². The Morgan fingerprint density at radius 3 is 2.76 bits per heavy atom. The van der Waals surface area contributed by atoms with E-state index in [1.54, 1.807) is 0 Å². The lowest BCUT2D eigenvalue weighted by molar-refractivity contribution is -0.129. The molecule has 0 spiro atoms. The number of urea groups is 1. The number of nitrogens with zero attached hydrogens (tertiary/aromatic N) is 2. The molecule has 1 atom stereocenters. The molecular formula is C17H18N4O3S. The summed E-state index contributed by atoms with van der Waals surface area (Å²) in [6.45, 7) is 2.12. The third-order valence-electron chi connectivity index (χ3n) is 3.83. The Morgan fingerprint density at radius 2 is 2.08 bits per heavy atom. The molecular weight excluding hydrogens is 340 g/mol. The molecule has 0 radical (unpaired) electrons. The monoisotopic (exact) mass is 358 g/mol. The van der Waals surface area contributed by atoms with Crippen molar-refractivity contribution in [3.05, 3.63) is 47.0 Å². The zero-order valence-corrected chi connectivity index (χ0v) is 14.5. The average Bonchev–Trinajstić information content (AvgIpc) is 3.10. The SMILES string of the molecule is Cc1csc(NC(=O)CC2NC(=O)N(CCc3ccccc3)C2=O)n1. The van der Waals surface area contributed by atoms with E-state index in [1.165, 1.54) is 16.2 Å². The van der Waals surface area contributed by atoms with Crippen LogP contribution in [-0.4, -0.2) is 40.3 Å². The molecule has 25 heavy (non-hydrogen) atoms. The van der Waals surface area contributed by atoms with Crippen molar-refractivity contribution in [2.45, 2.75) is 25.8 Å². The van der Waals surface area contributed by atoms with Crippen LogP contribution in [0.4, 0.5) is 9.93 Å². The van der Waals surface area contributed by atoms with E-state index in [0.29, 0.717) is 18.1 Å². The summed E-state index contributed by atoms with van der Waals surface area (Å²) in [5.41, 5.74) is 1.86. The number of nitrogens with one attached hydrogen (secondary N) is 2. The Bertz CT molecular complexity index is 790. The van der Waals surface area contributed by atoms with Gasteiger partial charge in [-0.2, -0.15) is 0 Å². The molecule has 7 nitrogen and oxygen atoms in total. The second kappa shape index (κ2) is 7.43. The topological polar surface area (TPSA) is 91.4 Å². The van der Waals surface area contributed by atoms with E-state index in [9.17, 15) is 14.4 Å². The van der Waals surface area contributed by atoms with Crippen LogP contribution in [0.3, 0.4) is 0 Å². The maximum atomic E-state index is 12.4. The van der Waals surface area contributed by atoms with E-state index in [1.807, 2.05) is 42.6 Å². The summed E-state index contributed by atoms with van der Waals surface area (Å²) in [6, 6.07) is 8.34. The van der Waals surface area contributed by atoms with Crippen LogP contribution in [0, 0.1) is 6.92 Å². The smallest absolute Gasteiger partial charge is 0.324 e. The lowest BCUT2D eigenvalue weighted by Crippen LogP contribution is -2.34. The van der Waals surface area contributed by atoms with Gasteiger partial charge in [0.2, 0.25) is 5.91 Å². The summed E-state index contributed by atoms with van der Waals surface area (Å²) in [4.78, 5) is 41.7. The van der Waals surface area contributed by atoms with Crippen molar-refractivity contribution in [2.75, 3.05) is 11.9 Å². The lowest BCUT2D eigenvalue weighted by Gasteiger charge is -2.12. The zero-order valence-electron chi connectivity index (χ0n) is 13.7. The van der Waals surface area contributed by atoms with Gasteiger partial charge in [-0.25, -0.2) is 9.78 Å². The minimum absolute atomic E-state index is 0.106. The van der Waals surface area contributed by atoms with Gasteiger partial charge in [-0.15, -0.1) is 11.3 Å². The van der Waals surface area contributed by atoms with Gasteiger partial charge in [0, 0.05) is 11.9 Å². The Kier molecular flexibility index (Phi) is 5.08. The minimum Gasteiger partial charge on any atom is -0.325 e. The van der Waals surface area contributed by atoms with Gasteiger partial charge < -0.3 is 10.6 Å². The van der Waals surface area contributed by atoms with Crippen molar-refractivity contribution in [1.82, 2.24) is 15.2 Å². The fraction of sp³-hybridized carbons (Fsp3) is 0.294. The maximum absolute atomic E-state index is 12.4. The molecule has 2 heterocycles. The average molecular weight is 358 g/mol. The van der Waals surface area contributed by atoms with Crippen molar-refractivity contribution in [1.29, 1.82) is 0 Å². The number of aromatic nitrogens is 1. The molecule has 2 aromatic rings. The van der Waals surface area contributed by atoms with Crippen LogP contribution in [-0.2, 0) is 16.0 Å². The highest BCUT2D eigenvalue weighted by Gasteiger charge is 2.38. The Morgan fingerprint density at radius 1 is 1.32 bits per heavy atom. The molecule has 1 aromatic carbocycles. The second-order valence-corrected chi connectivity index (χ2v) is 6.63. The van der Waals surface area contributed by atoms with Gasteiger partial charge in [-0.3, -0.25) is 14.5 Å². The third-order valence-corrected chi connectivity index (χ3v) is 4.70. The van der Waals surface area contributed by atoms with Crippen LogP contribution in [0.5, 0.6) is 0 Å². The number of amides is 4. The van der Waals surface area contributed by atoms with E-state index in [2.05, 4.69) is 15.6 Å². The minimum atomic E-state index is -0.829. The number of hydrogen-bond donors (Lipinski definition) is 2. The summed E-state index contributed by atoms with van der Waals surface area (Å²) in [6.07, 6.45) is 0.475. The van der Waals surface area contributed by atoms with Crippen LogP contribution in [0.25, 0.3) is 0 Å². The van der Waals surface area contributed by atoms with E-state index in [4.69, 9.17) is 0 Å². The first-order valence-electron chi connectivity index (χ1n) is 7.90. The van der Waals surface area contributed by atoms with Crippen LogP contribution in [0.15, 0.2) is 35.7 Å².